The van der Waals surface area contributed by atoms with Crippen molar-refractivity contribution in [2.24, 2.45) is 5.92 Å². The number of ether oxygens (including phenoxy) is 2. The zero-order valence-electron chi connectivity index (χ0n) is 17.6. The normalized spacial score (nSPS) is 22.2. The lowest BCUT2D eigenvalue weighted by atomic mass is 9.99. The number of amides is 1. The summed E-state index contributed by atoms with van der Waals surface area (Å²) in [5.74, 6) is 3.44. The summed E-state index contributed by atoms with van der Waals surface area (Å²) >= 11 is 0. The summed E-state index contributed by atoms with van der Waals surface area (Å²) in [4.78, 5) is 28.7. The average molecular weight is 426 g/mol. The Kier molecular flexibility index (Phi) is 4.28. The lowest BCUT2D eigenvalue weighted by Crippen LogP contribution is -2.20. The van der Waals surface area contributed by atoms with Crippen LogP contribution in [0, 0.1) is 12.8 Å². The van der Waals surface area contributed by atoms with Crippen molar-refractivity contribution in [1.82, 2.24) is 4.98 Å². The molecular weight excluding hydrogens is 404 g/mol. The van der Waals surface area contributed by atoms with Crippen LogP contribution in [0.3, 0.4) is 0 Å². The maximum atomic E-state index is 12.8. The van der Waals surface area contributed by atoms with Crippen LogP contribution in [-0.4, -0.2) is 22.8 Å². The van der Waals surface area contributed by atoms with Gasteiger partial charge in [-0.2, -0.15) is 0 Å². The summed E-state index contributed by atoms with van der Waals surface area (Å²) in [5.41, 5.74) is 3.82. The second kappa shape index (κ2) is 7.19. The molecule has 2 aliphatic heterocycles. The molecule has 6 rings (SSSR count). The summed E-state index contributed by atoms with van der Waals surface area (Å²) in [5, 5.41) is 2.80. The van der Waals surface area contributed by atoms with Gasteiger partial charge in [0.25, 0.3) is 0 Å². The standard InChI is InChI=1S/C26H22N2O4/c1-14-4-2-3-5-16(14)20(29)13-19-24-18-12-15(6-8-21(18)32-25(19)24)31-22-10-11-27-26-17(22)7-9-23(30)28-26/h2-6,8,10-12,19,24-25H,7,9,13H2,1H3,(H,27,28,30)/t19-,24-,25+/m0/s1. The quantitative estimate of drug-likeness (QED) is 0.592. The number of aromatic nitrogens is 1. The molecule has 3 aliphatic rings. The largest absolute Gasteiger partial charge is 0.489 e. The number of hydrogen-bond donors (Lipinski definition) is 1. The van der Waals surface area contributed by atoms with Gasteiger partial charge in [-0.25, -0.2) is 4.98 Å². The Morgan fingerprint density at radius 3 is 2.94 bits per heavy atom. The second-order valence-corrected chi connectivity index (χ2v) is 8.70. The number of ketones is 1. The van der Waals surface area contributed by atoms with Gasteiger partial charge in [-0.1, -0.05) is 24.3 Å². The van der Waals surface area contributed by atoms with Gasteiger partial charge in [0, 0.05) is 47.6 Å². The third-order valence-electron chi connectivity index (χ3n) is 6.67. The summed E-state index contributed by atoms with van der Waals surface area (Å²) < 4.78 is 12.3. The molecule has 3 aromatic rings. The number of rotatable bonds is 5. The molecular formula is C26H22N2O4. The van der Waals surface area contributed by atoms with E-state index in [4.69, 9.17) is 9.47 Å². The number of nitrogens with one attached hydrogen (secondary N) is 1. The highest BCUT2D eigenvalue weighted by molar-refractivity contribution is 5.98. The molecule has 1 aromatic heterocycles. The predicted octanol–water partition coefficient (Wildman–Crippen LogP) is 4.81. The van der Waals surface area contributed by atoms with E-state index in [-0.39, 0.29) is 29.6 Å². The minimum atomic E-state index is -0.0251. The molecule has 1 N–H and O–H groups in total. The summed E-state index contributed by atoms with van der Waals surface area (Å²) in [6.45, 7) is 1.97. The number of benzene rings is 2. The maximum absolute atomic E-state index is 12.8. The number of nitrogens with zero attached hydrogens (tertiary/aromatic N) is 1. The van der Waals surface area contributed by atoms with Crippen LogP contribution in [0.4, 0.5) is 5.82 Å². The van der Waals surface area contributed by atoms with E-state index < -0.39 is 0 Å². The number of carbonyl (C=O) groups excluding carboxylic acids is 2. The molecule has 32 heavy (non-hydrogen) atoms. The number of anilines is 1. The summed E-state index contributed by atoms with van der Waals surface area (Å²) in [7, 11) is 0. The van der Waals surface area contributed by atoms with Crippen molar-refractivity contribution in [2.75, 3.05) is 5.32 Å². The van der Waals surface area contributed by atoms with Gasteiger partial charge in [0.15, 0.2) is 5.78 Å². The van der Waals surface area contributed by atoms with E-state index in [9.17, 15) is 9.59 Å². The molecule has 160 valence electrons. The number of aryl methyl sites for hydroxylation is 1. The Hall–Kier alpha value is -3.67. The fraction of sp³-hybridized carbons (Fsp3) is 0.269. The van der Waals surface area contributed by atoms with Crippen LogP contribution in [0.5, 0.6) is 17.2 Å². The van der Waals surface area contributed by atoms with Crippen molar-refractivity contribution >= 4 is 17.5 Å². The van der Waals surface area contributed by atoms with Gasteiger partial charge in [-0.15, -0.1) is 0 Å². The van der Waals surface area contributed by atoms with Crippen LogP contribution in [0.2, 0.25) is 0 Å². The highest BCUT2D eigenvalue weighted by Crippen LogP contribution is 2.60. The molecule has 0 radical (unpaired) electrons. The van der Waals surface area contributed by atoms with Gasteiger partial charge >= 0.3 is 0 Å². The second-order valence-electron chi connectivity index (χ2n) is 8.70. The molecule has 3 heterocycles. The number of carbonyl (C=O) groups is 2. The van der Waals surface area contributed by atoms with Crippen molar-refractivity contribution in [3.05, 3.63) is 77.0 Å². The van der Waals surface area contributed by atoms with Gasteiger partial charge < -0.3 is 14.8 Å². The minimum absolute atomic E-state index is 0.0251. The SMILES string of the molecule is Cc1ccccc1C(=O)C[C@@H]1[C@H]2Oc3ccc(Oc4ccnc5c4CCC(=O)N5)cc3[C@@H]12. The number of Topliss-reactive ketones (excluding diaryl/α,β-unsaturated/α-hetero) is 1. The maximum Gasteiger partial charge on any atom is 0.225 e. The molecule has 6 nitrogen and oxygen atoms in total. The van der Waals surface area contributed by atoms with Crippen LogP contribution in [0.1, 0.15) is 45.8 Å². The Morgan fingerprint density at radius 1 is 1.19 bits per heavy atom. The topological polar surface area (TPSA) is 77.5 Å². The lowest BCUT2D eigenvalue weighted by Gasteiger charge is -2.19. The molecule has 0 bridgehead atoms. The first-order chi connectivity index (χ1) is 15.6. The van der Waals surface area contributed by atoms with Crippen molar-refractivity contribution in [3.8, 4) is 17.2 Å². The Labute approximate surface area is 185 Å². The van der Waals surface area contributed by atoms with Crippen LogP contribution in [0.15, 0.2) is 54.7 Å². The molecule has 1 fully saturated rings. The van der Waals surface area contributed by atoms with Crippen molar-refractivity contribution < 1.29 is 19.1 Å². The van der Waals surface area contributed by atoms with E-state index >= 15 is 0 Å². The zero-order chi connectivity index (χ0) is 21.8. The highest BCUT2D eigenvalue weighted by Gasteiger charge is 2.59. The molecule has 2 aromatic carbocycles. The molecule has 0 saturated heterocycles. The molecule has 0 unspecified atom stereocenters. The number of fused-ring (bicyclic) bond motifs is 4. The highest BCUT2D eigenvalue weighted by atomic mass is 16.5. The Morgan fingerprint density at radius 2 is 2.06 bits per heavy atom. The lowest BCUT2D eigenvalue weighted by molar-refractivity contribution is -0.116. The fourth-order valence-electron chi connectivity index (χ4n) is 4.95. The first kappa shape index (κ1) is 19.0. The van der Waals surface area contributed by atoms with Crippen LogP contribution in [0.25, 0.3) is 0 Å². The minimum Gasteiger partial charge on any atom is -0.489 e. The third kappa shape index (κ3) is 3.14. The fourth-order valence-corrected chi connectivity index (χ4v) is 4.95. The first-order valence-electron chi connectivity index (χ1n) is 10.9. The van der Waals surface area contributed by atoms with Crippen LogP contribution < -0.4 is 14.8 Å². The average Bonchev–Trinajstić information content (AvgIpc) is 3.30. The van der Waals surface area contributed by atoms with E-state index in [0.29, 0.717) is 36.6 Å². The van der Waals surface area contributed by atoms with Crippen molar-refractivity contribution in [2.45, 2.75) is 38.2 Å². The van der Waals surface area contributed by atoms with Gasteiger partial charge in [0.2, 0.25) is 5.91 Å². The first-order valence-corrected chi connectivity index (χ1v) is 10.9. The third-order valence-corrected chi connectivity index (χ3v) is 6.67. The van der Waals surface area contributed by atoms with Gasteiger partial charge in [0.1, 0.15) is 29.2 Å². The van der Waals surface area contributed by atoms with Gasteiger partial charge in [-0.05, 0) is 43.2 Å². The van der Waals surface area contributed by atoms with Gasteiger partial charge in [0.05, 0.1) is 0 Å². The monoisotopic (exact) mass is 426 g/mol. The van der Waals surface area contributed by atoms with E-state index in [2.05, 4.69) is 10.3 Å². The summed E-state index contributed by atoms with van der Waals surface area (Å²) in [6.07, 6.45) is 3.22. The van der Waals surface area contributed by atoms with Crippen LogP contribution >= 0.6 is 0 Å². The summed E-state index contributed by atoms with van der Waals surface area (Å²) in [6, 6.07) is 15.4. The van der Waals surface area contributed by atoms with Crippen molar-refractivity contribution in [1.29, 1.82) is 0 Å². The van der Waals surface area contributed by atoms with E-state index in [0.717, 1.165) is 28.0 Å². The zero-order valence-corrected chi connectivity index (χ0v) is 17.6. The number of hydrogen-bond acceptors (Lipinski definition) is 5. The molecule has 3 atom stereocenters. The predicted molar refractivity (Wildman–Crippen MR) is 118 cm³/mol. The molecule has 6 heteroatoms. The Bertz CT molecular complexity index is 1270. The Balaban J connectivity index is 1.20. The molecule has 1 amide bonds. The molecule has 1 saturated carbocycles. The smallest absolute Gasteiger partial charge is 0.225 e. The van der Waals surface area contributed by atoms with Gasteiger partial charge in [-0.3, -0.25) is 9.59 Å². The van der Waals surface area contributed by atoms with Crippen molar-refractivity contribution in [3.63, 3.8) is 0 Å². The van der Waals surface area contributed by atoms with E-state index in [1.54, 1.807) is 6.20 Å². The van der Waals surface area contributed by atoms with E-state index in [1.807, 2.05) is 55.5 Å². The molecule has 1 aliphatic carbocycles. The van der Waals surface area contributed by atoms with Crippen LogP contribution in [-0.2, 0) is 11.2 Å². The van der Waals surface area contributed by atoms with E-state index in [1.165, 1.54) is 0 Å². The number of pyridine rings is 1. The molecule has 0 spiro atoms.